The van der Waals surface area contributed by atoms with E-state index >= 15 is 0 Å². The third kappa shape index (κ3) is 5.53. The van der Waals surface area contributed by atoms with Crippen LogP contribution in [0, 0.1) is 0 Å². The highest BCUT2D eigenvalue weighted by molar-refractivity contribution is 6.01. The van der Waals surface area contributed by atoms with Gasteiger partial charge in [-0.1, -0.05) is 18.2 Å². The van der Waals surface area contributed by atoms with Crippen molar-refractivity contribution in [3.05, 3.63) is 54.1 Å². The van der Waals surface area contributed by atoms with Gasteiger partial charge in [-0.2, -0.15) is 0 Å². The number of carbonyl (C=O) groups excluding carboxylic acids is 2. The number of rotatable bonds is 8. The molecule has 0 fully saturated rings. The number of benzene rings is 2. The number of hydrogen-bond donors (Lipinski definition) is 2. The van der Waals surface area contributed by atoms with Crippen LogP contribution in [0.3, 0.4) is 0 Å². The number of esters is 1. The molecule has 2 aromatic rings. The SMILES string of the molecule is CCOC(=O)c1ccccc1NC(=O)CCNc1cccc(OC)c1. The molecule has 2 N–H and O–H groups in total. The van der Waals surface area contributed by atoms with Gasteiger partial charge < -0.3 is 20.1 Å². The lowest BCUT2D eigenvalue weighted by Crippen LogP contribution is -2.18. The van der Waals surface area contributed by atoms with E-state index in [1.807, 2.05) is 24.3 Å². The summed E-state index contributed by atoms with van der Waals surface area (Å²) in [6.45, 7) is 2.48. The van der Waals surface area contributed by atoms with E-state index in [1.54, 1.807) is 38.3 Å². The smallest absolute Gasteiger partial charge is 0.340 e. The molecule has 0 spiro atoms. The Morgan fingerprint density at radius 1 is 1.08 bits per heavy atom. The number of anilines is 2. The molecule has 0 atom stereocenters. The average Bonchev–Trinajstić information content (AvgIpc) is 2.62. The van der Waals surface area contributed by atoms with E-state index < -0.39 is 5.97 Å². The Balaban J connectivity index is 1.89. The minimum atomic E-state index is -0.451. The van der Waals surface area contributed by atoms with Crippen molar-refractivity contribution >= 4 is 23.3 Å². The largest absolute Gasteiger partial charge is 0.497 e. The summed E-state index contributed by atoms with van der Waals surface area (Å²) in [7, 11) is 1.60. The zero-order valence-electron chi connectivity index (χ0n) is 14.4. The zero-order chi connectivity index (χ0) is 18.1. The first-order valence-electron chi connectivity index (χ1n) is 8.08. The third-order valence-corrected chi connectivity index (χ3v) is 3.45. The van der Waals surface area contributed by atoms with Crippen LogP contribution in [0.1, 0.15) is 23.7 Å². The molecule has 0 radical (unpaired) electrons. The van der Waals surface area contributed by atoms with Crippen LogP contribution in [-0.2, 0) is 9.53 Å². The molecule has 132 valence electrons. The van der Waals surface area contributed by atoms with Gasteiger partial charge in [-0.05, 0) is 31.2 Å². The molecule has 0 saturated carbocycles. The molecule has 0 heterocycles. The molecule has 25 heavy (non-hydrogen) atoms. The summed E-state index contributed by atoms with van der Waals surface area (Å²) < 4.78 is 10.2. The standard InChI is InChI=1S/C19H22N2O4/c1-3-25-19(23)16-9-4-5-10-17(16)21-18(22)11-12-20-14-7-6-8-15(13-14)24-2/h4-10,13,20H,3,11-12H2,1-2H3,(H,21,22). The van der Waals surface area contributed by atoms with Crippen LogP contribution in [0.5, 0.6) is 5.75 Å². The molecule has 6 nitrogen and oxygen atoms in total. The minimum Gasteiger partial charge on any atom is -0.497 e. The molecule has 0 bridgehead atoms. The normalized spacial score (nSPS) is 10.0. The van der Waals surface area contributed by atoms with Crippen molar-refractivity contribution in [1.82, 2.24) is 0 Å². The molecule has 1 amide bonds. The highest BCUT2D eigenvalue weighted by atomic mass is 16.5. The summed E-state index contributed by atoms with van der Waals surface area (Å²) >= 11 is 0. The van der Waals surface area contributed by atoms with Gasteiger partial charge in [0.15, 0.2) is 0 Å². The summed E-state index contributed by atoms with van der Waals surface area (Å²) in [5, 5.41) is 5.92. The Morgan fingerprint density at radius 3 is 2.64 bits per heavy atom. The molecule has 2 rings (SSSR count). The fourth-order valence-corrected chi connectivity index (χ4v) is 2.25. The highest BCUT2D eigenvalue weighted by Crippen LogP contribution is 2.18. The van der Waals surface area contributed by atoms with Crippen LogP contribution in [-0.4, -0.2) is 32.1 Å². The predicted molar refractivity (Wildman–Crippen MR) is 97.1 cm³/mol. The average molecular weight is 342 g/mol. The predicted octanol–water partition coefficient (Wildman–Crippen LogP) is 3.31. The second-order valence-electron chi connectivity index (χ2n) is 5.22. The van der Waals surface area contributed by atoms with Crippen molar-refractivity contribution < 1.29 is 19.1 Å². The molecule has 0 saturated heterocycles. The van der Waals surface area contributed by atoms with Gasteiger partial charge in [0.05, 0.1) is 25.0 Å². The van der Waals surface area contributed by atoms with Gasteiger partial charge >= 0.3 is 5.97 Å². The Morgan fingerprint density at radius 2 is 1.88 bits per heavy atom. The van der Waals surface area contributed by atoms with Crippen molar-refractivity contribution in [2.75, 3.05) is 30.9 Å². The third-order valence-electron chi connectivity index (χ3n) is 3.45. The lowest BCUT2D eigenvalue weighted by molar-refractivity contribution is -0.115. The van der Waals surface area contributed by atoms with Gasteiger partial charge in [0, 0.05) is 24.7 Å². The zero-order valence-corrected chi connectivity index (χ0v) is 14.4. The van der Waals surface area contributed by atoms with Gasteiger partial charge in [0.2, 0.25) is 5.91 Å². The number of nitrogens with one attached hydrogen (secondary N) is 2. The van der Waals surface area contributed by atoms with Crippen LogP contribution in [0.15, 0.2) is 48.5 Å². The van der Waals surface area contributed by atoms with Gasteiger partial charge in [-0.25, -0.2) is 4.79 Å². The first-order chi connectivity index (χ1) is 12.1. The van der Waals surface area contributed by atoms with Gasteiger partial charge in [-0.3, -0.25) is 4.79 Å². The van der Waals surface area contributed by atoms with E-state index in [4.69, 9.17) is 9.47 Å². The fraction of sp³-hybridized carbons (Fsp3) is 0.263. The van der Waals surface area contributed by atoms with Crippen molar-refractivity contribution in [2.45, 2.75) is 13.3 Å². The van der Waals surface area contributed by atoms with E-state index in [9.17, 15) is 9.59 Å². The number of amides is 1. The van der Waals surface area contributed by atoms with E-state index in [-0.39, 0.29) is 18.9 Å². The van der Waals surface area contributed by atoms with Crippen molar-refractivity contribution in [1.29, 1.82) is 0 Å². The van der Waals surface area contributed by atoms with Crippen molar-refractivity contribution in [3.8, 4) is 5.75 Å². The first-order valence-corrected chi connectivity index (χ1v) is 8.08. The Hall–Kier alpha value is -3.02. The first kappa shape index (κ1) is 18.3. The Kier molecular flexibility index (Phi) is 6.83. The summed E-state index contributed by atoms with van der Waals surface area (Å²) in [6, 6.07) is 14.3. The second-order valence-corrected chi connectivity index (χ2v) is 5.22. The summed E-state index contributed by atoms with van der Waals surface area (Å²) in [6.07, 6.45) is 0.258. The van der Waals surface area contributed by atoms with E-state index in [0.717, 1.165) is 11.4 Å². The topological polar surface area (TPSA) is 76.7 Å². The number of hydrogen-bond acceptors (Lipinski definition) is 5. The monoisotopic (exact) mass is 342 g/mol. The molecule has 2 aromatic carbocycles. The molecule has 6 heteroatoms. The molecular weight excluding hydrogens is 320 g/mol. The van der Waals surface area contributed by atoms with Gasteiger partial charge in [-0.15, -0.1) is 0 Å². The number of para-hydroxylation sites is 1. The summed E-state index contributed by atoms with van der Waals surface area (Å²) in [4.78, 5) is 24.0. The van der Waals surface area contributed by atoms with Gasteiger partial charge in [0.1, 0.15) is 5.75 Å². The van der Waals surface area contributed by atoms with Crippen molar-refractivity contribution in [3.63, 3.8) is 0 Å². The maximum atomic E-state index is 12.1. The Bertz CT molecular complexity index is 731. The molecule has 0 aliphatic rings. The van der Waals surface area contributed by atoms with E-state index in [2.05, 4.69) is 10.6 Å². The number of carbonyl (C=O) groups is 2. The summed E-state index contributed by atoms with van der Waals surface area (Å²) in [5.41, 5.74) is 1.67. The fourth-order valence-electron chi connectivity index (χ4n) is 2.25. The van der Waals surface area contributed by atoms with Crippen LogP contribution < -0.4 is 15.4 Å². The molecule has 0 aliphatic carbocycles. The Labute approximate surface area is 147 Å². The lowest BCUT2D eigenvalue weighted by atomic mass is 10.1. The van der Waals surface area contributed by atoms with Crippen LogP contribution in [0.25, 0.3) is 0 Å². The van der Waals surface area contributed by atoms with Crippen LogP contribution >= 0.6 is 0 Å². The highest BCUT2D eigenvalue weighted by Gasteiger charge is 2.13. The molecule has 0 unspecified atom stereocenters. The van der Waals surface area contributed by atoms with Crippen LogP contribution in [0.2, 0.25) is 0 Å². The minimum absolute atomic E-state index is 0.188. The molecule has 0 aliphatic heterocycles. The van der Waals surface area contributed by atoms with Gasteiger partial charge in [0.25, 0.3) is 0 Å². The quantitative estimate of drug-likeness (QED) is 0.720. The number of methoxy groups -OCH3 is 1. The summed E-state index contributed by atoms with van der Waals surface area (Å²) in [5.74, 6) is 0.109. The molecule has 0 aromatic heterocycles. The maximum Gasteiger partial charge on any atom is 0.340 e. The van der Waals surface area contributed by atoms with E-state index in [1.165, 1.54) is 0 Å². The lowest BCUT2D eigenvalue weighted by Gasteiger charge is -2.11. The number of ether oxygens (including phenoxy) is 2. The van der Waals surface area contributed by atoms with Crippen molar-refractivity contribution in [2.24, 2.45) is 0 Å². The maximum absolute atomic E-state index is 12.1. The van der Waals surface area contributed by atoms with E-state index in [0.29, 0.717) is 17.8 Å². The molecular formula is C19H22N2O4. The second kappa shape index (κ2) is 9.32. The van der Waals surface area contributed by atoms with Crippen LogP contribution in [0.4, 0.5) is 11.4 Å².